The molecule has 0 spiro atoms. The molecule has 0 radical (unpaired) electrons. The van der Waals surface area contributed by atoms with Crippen LogP contribution in [0.2, 0.25) is 0 Å². The molecule has 140 valence electrons. The largest absolute Gasteiger partial charge is 0.478 e. The molecule has 3 rings (SSSR count). The lowest BCUT2D eigenvalue weighted by molar-refractivity contribution is -0.126. The van der Waals surface area contributed by atoms with Gasteiger partial charge in [0.1, 0.15) is 5.75 Å². The number of rotatable bonds is 7. The predicted molar refractivity (Wildman–Crippen MR) is 102 cm³/mol. The fraction of sp³-hybridized carbons (Fsp3) is 0.524. The second-order valence-corrected chi connectivity index (χ2v) is 6.93. The van der Waals surface area contributed by atoms with Gasteiger partial charge in [0.15, 0.2) is 6.10 Å². The first-order chi connectivity index (χ1) is 12.7. The molecule has 1 unspecified atom stereocenters. The molecule has 1 aliphatic heterocycles. The fourth-order valence-electron chi connectivity index (χ4n) is 3.56. The molecule has 1 atom stereocenters. The molecule has 1 aliphatic carbocycles. The predicted octanol–water partition coefficient (Wildman–Crippen LogP) is 3.59. The van der Waals surface area contributed by atoms with Crippen molar-refractivity contribution < 1.29 is 14.3 Å². The van der Waals surface area contributed by atoms with E-state index in [1.807, 2.05) is 31.2 Å². The van der Waals surface area contributed by atoms with Gasteiger partial charge in [0.05, 0.1) is 5.69 Å². The summed E-state index contributed by atoms with van der Waals surface area (Å²) in [7, 11) is 0. The maximum absolute atomic E-state index is 12.6. The Morgan fingerprint density at radius 3 is 2.92 bits per heavy atom. The highest BCUT2D eigenvalue weighted by Crippen LogP contribution is 2.34. The Morgan fingerprint density at radius 2 is 2.15 bits per heavy atom. The highest BCUT2D eigenvalue weighted by atomic mass is 16.5. The number of ether oxygens (including phenoxy) is 1. The van der Waals surface area contributed by atoms with Crippen LogP contribution in [0.3, 0.4) is 0 Å². The summed E-state index contributed by atoms with van der Waals surface area (Å²) in [6, 6.07) is 7.51. The molecular formula is C21H28N2O3. The minimum atomic E-state index is -0.466. The van der Waals surface area contributed by atoms with E-state index in [1.54, 1.807) is 4.90 Å². The number of hydrogen-bond acceptors (Lipinski definition) is 3. The van der Waals surface area contributed by atoms with Crippen LogP contribution in [-0.4, -0.2) is 31.0 Å². The quantitative estimate of drug-likeness (QED) is 0.760. The van der Waals surface area contributed by atoms with Gasteiger partial charge in [-0.2, -0.15) is 0 Å². The number of allylic oxidation sites excluding steroid dienone is 1. The average molecular weight is 356 g/mol. The third-order valence-corrected chi connectivity index (χ3v) is 5.05. The van der Waals surface area contributed by atoms with Crippen molar-refractivity contribution in [2.75, 3.05) is 18.0 Å². The molecule has 5 heteroatoms. The van der Waals surface area contributed by atoms with Gasteiger partial charge in [0, 0.05) is 19.5 Å². The zero-order chi connectivity index (χ0) is 18.4. The molecule has 0 aromatic heterocycles. The molecule has 0 saturated heterocycles. The van der Waals surface area contributed by atoms with Crippen LogP contribution in [0.25, 0.3) is 0 Å². The van der Waals surface area contributed by atoms with Gasteiger partial charge in [-0.3, -0.25) is 9.59 Å². The van der Waals surface area contributed by atoms with Crippen LogP contribution in [-0.2, 0) is 9.59 Å². The number of para-hydroxylation sites is 2. The van der Waals surface area contributed by atoms with Crippen LogP contribution >= 0.6 is 0 Å². The normalized spacial score (nSPS) is 19.4. The summed E-state index contributed by atoms with van der Waals surface area (Å²) in [5.41, 5.74) is 2.21. The number of fused-ring (bicyclic) bond motifs is 1. The van der Waals surface area contributed by atoms with Crippen LogP contribution in [0.4, 0.5) is 5.69 Å². The molecule has 2 aliphatic rings. The van der Waals surface area contributed by atoms with Crippen molar-refractivity contribution in [3.8, 4) is 5.75 Å². The van der Waals surface area contributed by atoms with Crippen LogP contribution < -0.4 is 15.0 Å². The maximum Gasteiger partial charge on any atom is 0.268 e. The molecular weight excluding hydrogens is 328 g/mol. The highest BCUT2D eigenvalue weighted by molar-refractivity contribution is 6.00. The van der Waals surface area contributed by atoms with Crippen molar-refractivity contribution in [1.29, 1.82) is 0 Å². The number of nitrogens with one attached hydrogen (secondary N) is 1. The molecule has 1 heterocycles. The van der Waals surface area contributed by atoms with Crippen molar-refractivity contribution >= 4 is 17.5 Å². The standard InChI is InChI=1S/C21H28N2O3/c1-2-18-21(25)23(17-10-6-7-11-19(17)26-18)15-13-20(24)22-14-12-16-8-4-3-5-9-16/h6-8,10-11,18H,2-5,9,12-15H2,1H3,(H,22,24). The minimum absolute atomic E-state index is 0.00812. The van der Waals surface area contributed by atoms with Gasteiger partial charge in [-0.15, -0.1) is 0 Å². The summed E-state index contributed by atoms with van der Waals surface area (Å²) in [5, 5.41) is 2.98. The second-order valence-electron chi connectivity index (χ2n) is 6.93. The number of amides is 2. The summed E-state index contributed by atoms with van der Waals surface area (Å²) in [6.45, 7) is 2.99. The average Bonchev–Trinajstić information content (AvgIpc) is 2.67. The fourth-order valence-corrected chi connectivity index (χ4v) is 3.56. The minimum Gasteiger partial charge on any atom is -0.478 e. The first-order valence-corrected chi connectivity index (χ1v) is 9.70. The second kappa shape index (κ2) is 8.88. The van der Waals surface area contributed by atoms with E-state index in [4.69, 9.17) is 4.74 Å². The first kappa shape index (κ1) is 18.5. The van der Waals surface area contributed by atoms with E-state index >= 15 is 0 Å². The molecule has 0 bridgehead atoms. The van der Waals surface area contributed by atoms with Crippen molar-refractivity contribution in [1.82, 2.24) is 5.32 Å². The summed E-state index contributed by atoms with van der Waals surface area (Å²) in [4.78, 5) is 26.5. The lowest BCUT2D eigenvalue weighted by Gasteiger charge is -2.33. The number of benzene rings is 1. The zero-order valence-corrected chi connectivity index (χ0v) is 15.5. The monoisotopic (exact) mass is 356 g/mol. The van der Waals surface area contributed by atoms with E-state index < -0.39 is 6.10 Å². The van der Waals surface area contributed by atoms with Crippen molar-refractivity contribution in [3.63, 3.8) is 0 Å². The van der Waals surface area contributed by atoms with Crippen LogP contribution in [0.1, 0.15) is 51.9 Å². The van der Waals surface area contributed by atoms with Gasteiger partial charge < -0.3 is 15.0 Å². The van der Waals surface area contributed by atoms with E-state index in [1.165, 1.54) is 24.8 Å². The van der Waals surface area contributed by atoms with Gasteiger partial charge in [-0.25, -0.2) is 0 Å². The Kier molecular flexibility index (Phi) is 6.31. The summed E-state index contributed by atoms with van der Waals surface area (Å²) in [5.74, 6) is 0.640. The molecule has 1 aromatic rings. The highest BCUT2D eigenvalue weighted by Gasteiger charge is 2.33. The summed E-state index contributed by atoms with van der Waals surface area (Å²) < 4.78 is 5.76. The number of carbonyl (C=O) groups is 2. The molecule has 26 heavy (non-hydrogen) atoms. The van der Waals surface area contributed by atoms with E-state index in [9.17, 15) is 9.59 Å². The third-order valence-electron chi connectivity index (χ3n) is 5.05. The van der Waals surface area contributed by atoms with Crippen molar-refractivity contribution in [2.45, 2.75) is 58.0 Å². The summed E-state index contributed by atoms with van der Waals surface area (Å²) in [6.07, 6.45) is 8.56. The van der Waals surface area contributed by atoms with Gasteiger partial charge in [-0.05, 0) is 50.7 Å². The van der Waals surface area contributed by atoms with Crippen LogP contribution in [0, 0.1) is 0 Å². The summed E-state index contributed by atoms with van der Waals surface area (Å²) >= 11 is 0. The van der Waals surface area contributed by atoms with E-state index in [0.29, 0.717) is 31.7 Å². The Bertz CT molecular complexity index is 684. The molecule has 1 aromatic carbocycles. The van der Waals surface area contributed by atoms with Gasteiger partial charge in [-0.1, -0.05) is 30.7 Å². The smallest absolute Gasteiger partial charge is 0.268 e. The van der Waals surface area contributed by atoms with Crippen LogP contribution in [0.15, 0.2) is 35.9 Å². The Hall–Kier alpha value is -2.30. The Balaban J connectivity index is 1.52. The topological polar surface area (TPSA) is 58.6 Å². The molecule has 0 saturated carbocycles. The van der Waals surface area contributed by atoms with Gasteiger partial charge >= 0.3 is 0 Å². The SMILES string of the molecule is CCC1Oc2ccccc2N(CCC(=O)NCCC2=CCCCC2)C1=O. The number of hydrogen-bond donors (Lipinski definition) is 1. The zero-order valence-electron chi connectivity index (χ0n) is 15.5. The van der Waals surface area contributed by atoms with E-state index in [2.05, 4.69) is 11.4 Å². The Morgan fingerprint density at radius 1 is 1.31 bits per heavy atom. The lowest BCUT2D eigenvalue weighted by Crippen LogP contribution is -2.46. The molecule has 2 amide bonds. The molecule has 0 fully saturated rings. The van der Waals surface area contributed by atoms with Crippen LogP contribution in [0.5, 0.6) is 5.75 Å². The van der Waals surface area contributed by atoms with Gasteiger partial charge in [0.2, 0.25) is 5.91 Å². The van der Waals surface area contributed by atoms with Crippen molar-refractivity contribution in [3.05, 3.63) is 35.9 Å². The number of nitrogens with zero attached hydrogens (tertiary/aromatic N) is 1. The lowest BCUT2D eigenvalue weighted by atomic mass is 9.97. The van der Waals surface area contributed by atoms with Gasteiger partial charge in [0.25, 0.3) is 5.91 Å². The molecule has 5 nitrogen and oxygen atoms in total. The molecule has 1 N–H and O–H groups in total. The Labute approximate surface area is 155 Å². The number of carbonyl (C=O) groups excluding carboxylic acids is 2. The van der Waals surface area contributed by atoms with Crippen molar-refractivity contribution in [2.24, 2.45) is 0 Å². The number of anilines is 1. The maximum atomic E-state index is 12.6. The van der Waals surface area contributed by atoms with E-state index in [-0.39, 0.29) is 11.8 Å². The van der Waals surface area contributed by atoms with E-state index in [0.717, 1.165) is 18.5 Å². The third kappa shape index (κ3) is 4.45. The first-order valence-electron chi connectivity index (χ1n) is 9.70.